The first-order valence-corrected chi connectivity index (χ1v) is 6.61. The quantitative estimate of drug-likeness (QED) is 0.776. The first kappa shape index (κ1) is 12.6. The van der Waals surface area contributed by atoms with E-state index in [0.29, 0.717) is 24.5 Å². The Morgan fingerprint density at radius 2 is 2.44 bits per heavy atom. The van der Waals surface area contributed by atoms with E-state index in [2.05, 4.69) is 11.1 Å². The van der Waals surface area contributed by atoms with Gasteiger partial charge in [0.25, 0.3) is 0 Å². The second-order valence-corrected chi connectivity index (χ2v) is 5.06. The molecule has 2 rings (SSSR count). The standard InChI is InChI=1S/C12H14N4OS/c1-9(2)15(5-3-4-13)11-10(8-17)16-6-7-18-12(16)14-11/h6-9H,3,5H2,1-2H3. The zero-order chi connectivity index (χ0) is 13.1. The maximum absolute atomic E-state index is 11.3. The number of thiazole rings is 1. The number of anilines is 1. The Kier molecular flexibility index (Phi) is 3.63. The zero-order valence-electron chi connectivity index (χ0n) is 10.3. The van der Waals surface area contributed by atoms with E-state index in [1.807, 2.05) is 30.3 Å². The van der Waals surface area contributed by atoms with E-state index in [9.17, 15) is 4.79 Å². The van der Waals surface area contributed by atoms with Crippen LogP contribution in [-0.4, -0.2) is 28.3 Å². The largest absolute Gasteiger partial charge is 0.351 e. The monoisotopic (exact) mass is 262 g/mol. The molecule has 2 heterocycles. The van der Waals surface area contributed by atoms with Crippen molar-refractivity contribution in [1.29, 1.82) is 5.26 Å². The molecule has 18 heavy (non-hydrogen) atoms. The van der Waals surface area contributed by atoms with Crippen molar-refractivity contribution in [3.8, 4) is 6.07 Å². The van der Waals surface area contributed by atoms with Gasteiger partial charge in [-0.15, -0.1) is 11.3 Å². The fourth-order valence-electron chi connectivity index (χ4n) is 1.89. The van der Waals surface area contributed by atoms with Crippen molar-refractivity contribution in [2.24, 2.45) is 0 Å². The van der Waals surface area contributed by atoms with E-state index < -0.39 is 0 Å². The summed E-state index contributed by atoms with van der Waals surface area (Å²) in [5.74, 6) is 0.669. The Balaban J connectivity index is 2.46. The van der Waals surface area contributed by atoms with Crippen molar-refractivity contribution in [2.45, 2.75) is 26.3 Å². The van der Waals surface area contributed by atoms with Crippen LogP contribution in [0.2, 0.25) is 0 Å². The fourth-order valence-corrected chi connectivity index (χ4v) is 2.61. The van der Waals surface area contributed by atoms with Crippen LogP contribution in [0.4, 0.5) is 5.82 Å². The molecule has 0 aromatic carbocycles. The highest BCUT2D eigenvalue weighted by molar-refractivity contribution is 7.15. The van der Waals surface area contributed by atoms with Crippen LogP contribution < -0.4 is 4.90 Å². The summed E-state index contributed by atoms with van der Waals surface area (Å²) in [5, 5.41) is 10.6. The topological polar surface area (TPSA) is 61.4 Å². The molecular weight excluding hydrogens is 248 g/mol. The third-order valence-electron chi connectivity index (χ3n) is 2.75. The van der Waals surface area contributed by atoms with Gasteiger partial charge in [-0.1, -0.05) is 0 Å². The average Bonchev–Trinajstić information content (AvgIpc) is 2.89. The highest BCUT2D eigenvalue weighted by Gasteiger charge is 2.20. The van der Waals surface area contributed by atoms with E-state index >= 15 is 0 Å². The summed E-state index contributed by atoms with van der Waals surface area (Å²) in [6.45, 7) is 4.64. The maximum atomic E-state index is 11.3. The molecule has 0 N–H and O–H groups in total. The summed E-state index contributed by atoms with van der Waals surface area (Å²) in [6.07, 6.45) is 3.08. The molecule has 0 saturated carbocycles. The third-order valence-corrected chi connectivity index (χ3v) is 3.51. The Morgan fingerprint density at radius 3 is 3.06 bits per heavy atom. The molecule has 6 heteroatoms. The SMILES string of the molecule is CC(C)N(CCC#N)c1nc2sccn2c1C=O. The van der Waals surface area contributed by atoms with Crippen LogP contribution in [0, 0.1) is 11.3 Å². The third kappa shape index (κ3) is 2.09. The summed E-state index contributed by atoms with van der Waals surface area (Å²) in [5.41, 5.74) is 0.554. The first-order chi connectivity index (χ1) is 8.69. The number of rotatable bonds is 5. The van der Waals surface area contributed by atoms with Crippen molar-refractivity contribution >= 4 is 28.4 Å². The predicted molar refractivity (Wildman–Crippen MR) is 71.2 cm³/mol. The van der Waals surface area contributed by atoms with Gasteiger partial charge in [0.1, 0.15) is 5.69 Å². The molecule has 0 aliphatic heterocycles. The van der Waals surface area contributed by atoms with Gasteiger partial charge in [0.15, 0.2) is 17.1 Å². The van der Waals surface area contributed by atoms with Crippen LogP contribution >= 0.6 is 11.3 Å². The number of nitrogens with zero attached hydrogens (tertiary/aromatic N) is 4. The van der Waals surface area contributed by atoms with E-state index in [0.717, 1.165) is 11.2 Å². The predicted octanol–water partition coefficient (Wildman–Crippen LogP) is 2.34. The highest BCUT2D eigenvalue weighted by Crippen LogP contribution is 2.25. The Morgan fingerprint density at radius 1 is 1.67 bits per heavy atom. The van der Waals surface area contributed by atoms with Gasteiger partial charge in [0.2, 0.25) is 0 Å². The summed E-state index contributed by atoms with van der Waals surface area (Å²) < 4.78 is 1.79. The molecule has 0 spiro atoms. The molecule has 5 nitrogen and oxygen atoms in total. The van der Waals surface area contributed by atoms with E-state index in [-0.39, 0.29) is 6.04 Å². The van der Waals surface area contributed by atoms with Gasteiger partial charge >= 0.3 is 0 Å². The van der Waals surface area contributed by atoms with Crippen LogP contribution in [0.15, 0.2) is 11.6 Å². The number of hydrogen-bond donors (Lipinski definition) is 0. The molecule has 0 amide bonds. The lowest BCUT2D eigenvalue weighted by Crippen LogP contribution is -2.32. The number of imidazole rings is 1. The van der Waals surface area contributed by atoms with Crippen molar-refractivity contribution < 1.29 is 4.79 Å². The van der Waals surface area contributed by atoms with Crippen molar-refractivity contribution in [2.75, 3.05) is 11.4 Å². The number of aldehydes is 1. The van der Waals surface area contributed by atoms with Crippen LogP contribution in [0.3, 0.4) is 0 Å². The number of carbonyl (C=O) groups excluding carboxylic acids is 1. The molecule has 2 aromatic heterocycles. The molecule has 94 valence electrons. The summed E-state index contributed by atoms with van der Waals surface area (Å²) >= 11 is 1.49. The molecule has 2 aromatic rings. The van der Waals surface area contributed by atoms with Crippen LogP contribution in [0.5, 0.6) is 0 Å². The first-order valence-electron chi connectivity index (χ1n) is 5.73. The number of hydrogen-bond acceptors (Lipinski definition) is 5. The van der Waals surface area contributed by atoms with Gasteiger partial charge in [-0.05, 0) is 13.8 Å². The van der Waals surface area contributed by atoms with Crippen LogP contribution in [-0.2, 0) is 0 Å². The van der Waals surface area contributed by atoms with Crippen molar-refractivity contribution in [3.63, 3.8) is 0 Å². The summed E-state index contributed by atoms with van der Waals surface area (Å²) in [4.78, 5) is 18.5. The van der Waals surface area contributed by atoms with E-state index in [1.54, 1.807) is 4.40 Å². The second-order valence-electron chi connectivity index (χ2n) is 4.19. The normalized spacial score (nSPS) is 10.8. The summed E-state index contributed by atoms with van der Waals surface area (Å²) in [7, 11) is 0. The number of carbonyl (C=O) groups is 1. The molecule has 0 aliphatic carbocycles. The summed E-state index contributed by atoms with van der Waals surface area (Å²) in [6, 6.07) is 2.32. The molecule has 0 aliphatic rings. The lowest BCUT2D eigenvalue weighted by atomic mass is 10.2. The lowest BCUT2D eigenvalue weighted by Gasteiger charge is -2.26. The average molecular weight is 262 g/mol. The van der Waals surface area contributed by atoms with E-state index in [4.69, 9.17) is 5.26 Å². The molecule has 0 saturated heterocycles. The Labute approximate surface area is 109 Å². The van der Waals surface area contributed by atoms with Gasteiger partial charge < -0.3 is 4.90 Å². The molecule has 0 unspecified atom stereocenters. The van der Waals surface area contributed by atoms with Gasteiger partial charge in [-0.25, -0.2) is 4.98 Å². The van der Waals surface area contributed by atoms with Gasteiger partial charge in [-0.3, -0.25) is 9.20 Å². The second kappa shape index (κ2) is 5.19. The van der Waals surface area contributed by atoms with E-state index in [1.165, 1.54) is 11.3 Å². The number of aromatic nitrogens is 2. The molecular formula is C12H14N4OS. The van der Waals surface area contributed by atoms with Gasteiger partial charge in [0.05, 0.1) is 12.5 Å². The smallest absolute Gasteiger partial charge is 0.196 e. The fraction of sp³-hybridized carbons (Fsp3) is 0.417. The number of nitriles is 1. The Bertz CT molecular complexity index is 593. The van der Waals surface area contributed by atoms with Crippen LogP contribution in [0.1, 0.15) is 30.8 Å². The van der Waals surface area contributed by atoms with Crippen molar-refractivity contribution in [1.82, 2.24) is 9.38 Å². The maximum Gasteiger partial charge on any atom is 0.196 e. The molecule has 0 bridgehead atoms. The molecule has 0 atom stereocenters. The molecule has 0 radical (unpaired) electrons. The van der Waals surface area contributed by atoms with Gasteiger partial charge in [-0.2, -0.15) is 5.26 Å². The highest BCUT2D eigenvalue weighted by atomic mass is 32.1. The van der Waals surface area contributed by atoms with Gasteiger partial charge in [0, 0.05) is 24.2 Å². The zero-order valence-corrected chi connectivity index (χ0v) is 11.1. The minimum absolute atomic E-state index is 0.196. The minimum Gasteiger partial charge on any atom is -0.351 e. The number of fused-ring (bicyclic) bond motifs is 1. The molecule has 0 fully saturated rings. The minimum atomic E-state index is 0.196. The van der Waals surface area contributed by atoms with Crippen molar-refractivity contribution in [3.05, 3.63) is 17.3 Å². The Hall–Kier alpha value is -1.87. The van der Waals surface area contributed by atoms with Crippen LogP contribution in [0.25, 0.3) is 4.96 Å². The lowest BCUT2D eigenvalue weighted by molar-refractivity contribution is 0.111.